The molecule has 0 spiro atoms. The van der Waals surface area contributed by atoms with Crippen molar-refractivity contribution in [2.45, 2.75) is 6.92 Å². The second-order valence-corrected chi connectivity index (χ2v) is 2.25. The topological polar surface area (TPSA) is 74.6 Å². The molecule has 0 aromatic heterocycles. The molecule has 0 radical (unpaired) electrons. The lowest BCUT2D eigenvalue weighted by molar-refractivity contribution is -0.156. The molecular formula is C7H10O4. The largest absolute Gasteiger partial charge is 0.481 e. The third-order valence-corrected chi connectivity index (χ3v) is 1.43. The number of rotatable bonds is 4. The minimum atomic E-state index is -1.38. The summed E-state index contributed by atoms with van der Waals surface area (Å²) in [5.41, 5.74) is 0. The monoisotopic (exact) mass is 158 g/mol. The Morgan fingerprint density at radius 3 is 1.82 bits per heavy atom. The minimum Gasteiger partial charge on any atom is -0.481 e. The van der Waals surface area contributed by atoms with Gasteiger partial charge in [-0.2, -0.15) is 0 Å². The first kappa shape index (κ1) is 9.68. The minimum absolute atomic E-state index is 0.551. The zero-order valence-corrected chi connectivity index (χ0v) is 6.15. The molecule has 62 valence electrons. The zero-order chi connectivity index (χ0) is 9.02. The smallest absolute Gasteiger partial charge is 0.318 e. The molecular weight excluding hydrogens is 148 g/mol. The second-order valence-electron chi connectivity index (χ2n) is 2.25. The molecule has 0 aliphatic carbocycles. The fourth-order valence-electron chi connectivity index (χ4n) is 0.691. The van der Waals surface area contributed by atoms with Gasteiger partial charge in [-0.05, 0) is 5.92 Å². The number of carbonyl (C=O) groups is 2. The number of carboxylic acids is 2. The number of carboxylic acid groups (broad SMARTS) is 2. The molecule has 0 aromatic carbocycles. The van der Waals surface area contributed by atoms with Crippen molar-refractivity contribution >= 4 is 11.9 Å². The van der Waals surface area contributed by atoms with E-state index < -0.39 is 23.8 Å². The summed E-state index contributed by atoms with van der Waals surface area (Å²) in [6.07, 6.45) is 1.31. The van der Waals surface area contributed by atoms with Crippen LogP contribution >= 0.6 is 0 Å². The van der Waals surface area contributed by atoms with Gasteiger partial charge in [0.25, 0.3) is 0 Å². The van der Waals surface area contributed by atoms with Crippen LogP contribution in [0.3, 0.4) is 0 Å². The molecule has 0 saturated heterocycles. The molecule has 0 amide bonds. The van der Waals surface area contributed by atoms with E-state index in [2.05, 4.69) is 6.58 Å². The number of allylic oxidation sites excluding steroid dienone is 1. The lowest BCUT2D eigenvalue weighted by atomic mass is 9.95. The molecule has 1 atom stereocenters. The molecule has 0 rings (SSSR count). The Hall–Kier alpha value is -1.32. The van der Waals surface area contributed by atoms with Crippen molar-refractivity contribution in [2.24, 2.45) is 11.8 Å². The van der Waals surface area contributed by atoms with Crippen LogP contribution in [0.15, 0.2) is 12.7 Å². The first-order valence-corrected chi connectivity index (χ1v) is 3.09. The Balaban J connectivity index is 4.46. The van der Waals surface area contributed by atoms with E-state index in [9.17, 15) is 9.59 Å². The third kappa shape index (κ3) is 2.41. The quantitative estimate of drug-likeness (QED) is 0.464. The highest BCUT2D eigenvalue weighted by atomic mass is 16.4. The maximum absolute atomic E-state index is 10.3. The molecule has 4 nitrogen and oxygen atoms in total. The van der Waals surface area contributed by atoms with Crippen LogP contribution in [-0.2, 0) is 9.59 Å². The summed E-state index contributed by atoms with van der Waals surface area (Å²) in [6, 6.07) is 0. The van der Waals surface area contributed by atoms with E-state index in [1.54, 1.807) is 0 Å². The molecule has 4 heteroatoms. The molecule has 0 unspecified atom stereocenters. The van der Waals surface area contributed by atoms with Crippen molar-refractivity contribution in [2.75, 3.05) is 0 Å². The second kappa shape index (κ2) is 3.75. The van der Waals surface area contributed by atoms with Gasteiger partial charge in [-0.25, -0.2) is 0 Å². The van der Waals surface area contributed by atoms with Crippen molar-refractivity contribution in [3.63, 3.8) is 0 Å². The number of hydrogen-bond acceptors (Lipinski definition) is 2. The summed E-state index contributed by atoms with van der Waals surface area (Å²) in [4.78, 5) is 20.6. The van der Waals surface area contributed by atoms with Crippen LogP contribution in [0, 0.1) is 11.8 Å². The summed E-state index contributed by atoms with van der Waals surface area (Å²) in [5.74, 6) is -4.59. The van der Waals surface area contributed by atoms with Gasteiger partial charge >= 0.3 is 11.9 Å². The molecule has 0 fully saturated rings. The van der Waals surface area contributed by atoms with Crippen LogP contribution in [0.4, 0.5) is 0 Å². The van der Waals surface area contributed by atoms with Crippen molar-refractivity contribution in [3.05, 3.63) is 12.7 Å². The third-order valence-electron chi connectivity index (χ3n) is 1.43. The molecule has 0 heterocycles. The van der Waals surface area contributed by atoms with Gasteiger partial charge in [-0.15, -0.1) is 6.58 Å². The average molecular weight is 158 g/mol. The zero-order valence-electron chi connectivity index (χ0n) is 6.15. The van der Waals surface area contributed by atoms with Crippen LogP contribution < -0.4 is 0 Å². The van der Waals surface area contributed by atoms with Gasteiger partial charge in [-0.1, -0.05) is 13.0 Å². The maximum Gasteiger partial charge on any atom is 0.318 e. The predicted octanol–water partition coefficient (Wildman–Crippen LogP) is 0.594. The SMILES string of the molecule is C=C[C@H](C)C(C(=O)O)C(=O)O. The van der Waals surface area contributed by atoms with Gasteiger partial charge in [0.1, 0.15) is 0 Å². The van der Waals surface area contributed by atoms with Gasteiger partial charge in [-0.3, -0.25) is 9.59 Å². The van der Waals surface area contributed by atoms with E-state index in [1.807, 2.05) is 0 Å². The Morgan fingerprint density at radius 2 is 1.73 bits per heavy atom. The van der Waals surface area contributed by atoms with Crippen molar-refractivity contribution in [3.8, 4) is 0 Å². The highest BCUT2D eigenvalue weighted by molar-refractivity contribution is 5.93. The fraction of sp³-hybridized carbons (Fsp3) is 0.429. The van der Waals surface area contributed by atoms with Crippen LogP contribution in [-0.4, -0.2) is 22.2 Å². The molecule has 2 N–H and O–H groups in total. The van der Waals surface area contributed by atoms with E-state index in [0.29, 0.717) is 0 Å². The lowest BCUT2D eigenvalue weighted by Crippen LogP contribution is -2.28. The summed E-state index contributed by atoms with van der Waals surface area (Å²) in [5, 5.41) is 16.8. The highest BCUT2D eigenvalue weighted by Gasteiger charge is 2.29. The molecule has 0 bridgehead atoms. The Kier molecular flexibility index (Phi) is 3.30. The summed E-state index contributed by atoms with van der Waals surface area (Å²) < 4.78 is 0. The molecule has 0 aliphatic heterocycles. The Morgan fingerprint density at radius 1 is 1.36 bits per heavy atom. The van der Waals surface area contributed by atoms with Crippen LogP contribution in [0.25, 0.3) is 0 Å². The van der Waals surface area contributed by atoms with Gasteiger partial charge in [0.15, 0.2) is 5.92 Å². The summed E-state index contributed by atoms with van der Waals surface area (Å²) in [7, 11) is 0. The van der Waals surface area contributed by atoms with Crippen molar-refractivity contribution in [1.82, 2.24) is 0 Å². The van der Waals surface area contributed by atoms with E-state index in [1.165, 1.54) is 13.0 Å². The highest BCUT2D eigenvalue weighted by Crippen LogP contribution is 2.12. The van der Waals surface area contributed by atoms with E-state index in [4.69, 9.17) is 10.2 Å². The standard InChI is InChI=1S/C7H10O4/c1-3-4(2)5(6(8)9)7(10)11/h3-5H,1H2,2H3,(H,8,9)(H,10,11)/t4-/m0/s1. The Labute approximate surface area is 64.2 Å². The van der Waals surface area contributed by atoms with Crippen LogP contribution in [0.1, 0.15) is 6.92 Å². The van der Waals surface area contributed by atoms with Gasteiger partial charge in [0, 0.05) is 0 Å². The molecule has 11 heavy (non-hydrogen) atoms. The molecule has 0 aliphatic rings. The number of aliphatic carboxylic acids is 2. The van der Waals surface area contributed by atoms with E-state index >= 15 is 0 Å². The predicted molar refractivity (Wildman–Crippen MR) is 38.1 cm³/mol. The lowest BCUT2D eigenvalue weighted by Gasteiger charge is -2.10. The summed E-state index contributed by atoms with van der Waals surface area (Å²) >= 11 is 0. The van der Waals surface area contributed by atoms with Crippen LogP contribution in [0.2, 0.25) is 0 Å². The molecule has 0 aromatic rings. The fourth-order valence-corrected chi connectivity index (χ4v) is 0.691. The van der Waals surface area contributed by atoms with Crippen molar-refractivity contribution < 1.29 is 19.8 Å². The van der Waals surface area contributed by atoms with Gasteiger partial charge in [0.2, 0.25) is 0 Å². The van der Waals surface area contributed by atoms with E-state index in [0.717, 1.165) is 0 Å². The summed E-state index contributed by atoms with van der Waals surface area (Å²) in [6.45, 7) is 4.82. The Bertz CT molecular complexity index is 171. The van der Waals surface area contributed by atoms with Gasteiger partial charge < -0.3 is 10.2 Å². The average Bonchev–Trinajstić information content (AvgIpc) is 1.85. The van der Waals surface area contributed by atoms with Crippen molar-refractivity contribution in [1.29, 1.82) is 0 Å². The maximum atomic E-state index is 10.3. The first-order chi connectivity index (χ1) is 5.00. The normalized spacial score (nSPS) is 12.5. The number of hydrogen-bond donors (Lipinski definition) is 2. The van der Waals surface area contributed by atoms with Crippen LogP contribution in [0.5, 0.6) is 0 Å². The van der Waals surface area contributed by atoms with E-state index in [-0.39, 0.29) is 0 Å². The van der Waals surface area contributed by atoms with Gasteiger partial charge in [0.05, 0.1) is 0 Å². The molecule has 0 saturated carbocycles. The first-order valence-electron chi connectivity index (χ1n) is 3.09.